The van der Waals surface area contributed by atoms with Crippen molar-refractivity contribution in [2.24, 2.45) is 5.73 Å². The van der Waals surface area contributed by atoms with Gasteiger partial charge < -0.3 is 5.73 Å². The summed E-state index contributed by atoms with van der Waals surface area (Å²) in [5, 5.41) is 0. The quantitative estimate of drug-likeness (QED) is 0.690. The first-order valence-electron chi connectivity index (χ1n) is 4.58. The summed E-state index contributed by atoms with van der Waals surface area (Å²) in [6, 6.07) is 10.4. The molecule has 1 aromatic rings. The minimum Gasteiger partial charge on any atom is -0.399 e. The van der Waals surface area contributed by atoms with Crippen LogP contribution in [-0.4, -0.2) is 0 Å². The maximum absolute atomic E-state index is 5.75. The van der Waals surface area contributed by atoms with Crippen LogP contribution < -0.4 is 5.73 Å². The van der Waals surface area contributed by atoms with Crippen molar-refractivity contribution in [3.8, 4) is 0 Å². The van der Waals surface area contributed by atoms with E-state index < -0.39 is 0 Å². The van der Waals surface area contributed by atoms with E-state index in [2.05, 4.69) is 36.4 Å². The van der Waals surface area contributed by atoms with Crippen LogP contribution in [0.15, 0.2) is 48.2 Å². The Morgan fingerprint density at radius 1 is 1.08 bits per heavy atom. The fourth-order valence-corrected chi connectivity index (χ4v) is 1.61. The Kier molecular flexibility index (Phi) is 2.17. The third kappa shape index (κ3) is 1.81. The van der Waals surface area contributed by atoms with Crippen molar-refractivity contribution in [3.63, 3.8) is 0 Å². The highest BCUT2D eigenvalue weighted by atomic mass is 14.6. The van der Waals surface area contributed by atoms with E-state index in [9.17, 15) is 0 Å². The average molecular weight is 171 g/mol. The van der Waals surface area contributed by atoms with Gasteiger partial charge in [0.2, 0.25) is 0 Å². The van der Waals surface area contributed by atoms with Crippen molar-refractivity contribution < 1.29 is 0 Å². The molecule has 1 nitrogen and oxygen atoms in total. The van der Waals surface area contributed by atoms with E-state index in [1.54, 1.807) is 0 Å². The monoisotopic (exact) mass is 171 g/mol. The molecule has 1 aromatic carbocycles. The number of rotatable bonds is 1. The van der Waals surface area contributed by atoms with Crippen LogP contribution in [0.1, 0.15) is 18.4 Å². The molecule has 1 aliphatic rings. The van der Waals surface area contributed by atoms with Crippen LogP contribution in [0.25, 0.3) is 5.57 Å². The van der Waals surface area contributed by atoms with Crippen LogP contribution >= 0.6 is 0 Å². The Labute approximate surface area is 78.6 Å². The highest BCUT2D eigenvalue weighted by molar-refractivity contribution is 5.69. The standard InChI is InChI=1S/C12H13N/c13-12-8-4-7-11(9-12)10-5-2-1-3-6-10/h1-3,5-6,8-9H,4,7,13H2. The van der Waals surface area contributed by atoms with Gasteiger partial charge in [-0.2, -0.15) is 0 Å². The van der Waals surface area contributed by atoms with Crippen LogP contribution in [0, 0.1) is 0 Å². The van der Waals surface area contributed by atoms with Gasteiger partial charge >= 0.3 is 0 Å². The zero-order valence-electron chi connectivity index (χ0n) is 7.53. The molecular formula is C12H13N. The van der Waals surface area contributed by atoms with Crippen LogP contribution in [0.2, 0.25) is 0 Å². The zero-order valence-corrected chi connectivity index (χ0v) is 7.53. The SMILES string of the molecule is NC1=CCCC(c2ccccc2)=C1. The molecular weight excluding hydrogens is 158 g/mol. The summed E-state index contributed by atoms with van der Waals surface area (Å²) in [5.74, 6) is 0. The summed E-state index contributed by atoms with van der Waals surface area (Å²) in [6.45, 7) is 0. The lowest BCUT2D eigenvalue weighted by molar-refractivity contribution is 1.03. The molecule has 13 heavy (non-hydrogen) atoms. The van der Waals surface area contributed by atoms with E-state index in [1.165, 1.54) is 11.1 Å². The summed E-state index contributed by atoms with van der Waals surface area (Å²) < 4.78 is 0. The summed E-state index contributed by atoms with van der Waals surface area (Å²) in [5.41, 5.74) is 9.28. The van der Waals surface area contributed by atoms with Gasteiger partial charge in [-0.1, -0.05) is 36.4 Å². The molecule has 0 aliphatic heterocycles. The third-order valence-electron chi connectivity index (χ3n) is 2.28. The average Bonchev–Trinajstić information content (AvgIpc) is 2.19. The number of hydrogen-bond acceptors (Lipinski definition) is 1. The lowest BCUT2D eigenvalue weighted by Gasteiger charge is -2.11. The van der Waals surface area contributed by atoms with Gasteiger partial charge in [-0.3, -0.25) is 0 Å². The first-order chi connectivity index (χ1) is 6.36. The number of benzene rings is 1. The molecule has 0 saturated heterocycles. The van der Waals surface area contributed by atoms with E-state index in [1.807, 2.05) is 6.07 Å². The number of hydrogen-bond donors (Lipinski definition) is 1. The minimum atomic E-state index is 0.894. The second-order valence-electron chi connectivity index (χ2n) is 3.28. The highest BCUT2D eigenvalue weighted by Crippen LogP contribution is 2.24. The Morgan fingerprint density at radius 2 is 1.85 bits per heavy atom. The lowest BCUT2D eigenvalue weighted by Crippen LogP contribution is -1.99. The Bertz CT molecular complexity index is 347. The first kappa shape index (κ1) is 8.11. The molecule has 0 heterocycles. The molecule has 0 unspecified atom stereocenters. The van der Waals surface area contributed by atoms with E-state index in [0.717, 1.165) is 18.5 Å². The largest absolute Gasteiger partial charge is 0.399 e. The predicted octanol–water partition coefficient (Wildman–Crippen LogP) is 2.71. The number of nitrogens with two attached hydrogens (primary N) is 1. The van der Waals surface area contributed by atoms with Gasteiger partial charge in [-0.15, -0.1) is 0 Å². The Morgan fingerprint density at radius 3 is 2.54 bits per heavy atom. The maximum atomic E-state index is 5.75. The molecule has 0 radical (unpaired) electrons. The van der Waals surface area contributed by atoms with E-state index in [-0.39, 0.29) is 0 Å². The molecule has 0 saturated carbocycles. The van der Waals surface area contributed by atoms with E-state index in [0.29, 0.717) is 0 Å². The van der Waals surface area contributed by atoms with Gasteiger partial charge in [0.1, 0.15) is 0 Å². The minimum absolute atomic E-state index is 0.894. The number of allylic oxidation sites excluding steroid dienone is 3. The predicted molar refractivity (Wildman–Crippen MR) is 55.9 cm³/mol. The summed E-state index contributed by atoms with van der Waals surface area (Å²) in [7, 11) is 0. The second-order valence-corrected chi connectivity index (χ2v) is 3.28. The van der Waals surface area contributed by atoms with Crippen LogP contribution in [-0.2, 0) is 0 Å². The van der Waals surface area contributed by atoms with Crippen molar-refractivity contribution in [3.05, 3.63) is 53.7 Å². The molecule has 0 amide bonds. The first-order valence-corrected chi connectivity index (χ1v) is 4.58. The van der Waals surface area contributed by atoms with Gasteiger partial charge in [-0.25, -0.2) is 0 Å². The van der Waals surface area contributed by atoms with Crippen LogP contribution in [0.3, 0.4) is 0 Å². The molecule has 0 bridgehead atoms. The maximum Gasteiger partial charge on any atom is 0.0276 e. The van der Waals surface area contributed by atoms with Crippen molar-refractivity contribution in [1.29, 1.82) is 0 Å². The summed E-state index contributed by atoms with van der Waals surface area (Å²) in [6.07, 6.45) is 6.31. The fraction of sp³-hybridized carbons (Fsp3) is 0.167. The topological polar surface area (TPSA) is 26.0 Å². The molecule has 2 N–H and O–H groups in total. The molecule has 1 aliphatic carbocycles. The van der Waals surface area contributed by atoms with Crippen LogP contribution in [0.5, 0.6) is 0 Å². The lowest BCUT2D eigenvalue weighted by atomic mass is 9.96. The van der Waals surface area contributed by atoms with Gasteiger partial charge in [0.15, 0.2) is 0 Å². The van der Waals surface area contributed by atoms with Gasteiger partial charge in [-0.05, 0) is 30.1 Å². The molecule has 2 rings (SSSR count). The Balaban J connectivity index is 2.32. The molecule has 0 atom stereocenters. The summed E-state index contributed by atoms with van der Waals surface area (Å²) >= 11 is 0. The van der Waals surface area contributed by atoms with Crippen molar-refractivity contribution in [2.45, 2.75) is 12.8 Å². The molecule has 0 spiro atoms. The second kappa shape index (κ2) is 3.48. The molecule has 1 heteroatoms. The third-order valence-corrected chi connectivity index (χ3v) is 2.28. The Hall–Kier alpha value is -1.50. The van der Waals surface area contributed by atoms with Gasteiger partial charge in [0, 0.05) is 5.70 Å². The van der Waals surface area contributed by atoms with E-state index in [4.69, 9.17) is 5.73 Å². The molecule has 0 aromatic heterocycles. The molecule has 0 fully saturated rings. The van der Waals surface area contributed by atoms with Crippen molar-refractivity contribution >= 4 is 5.57 Å². The van der Waals surface area contributed by atoms with E-state index >= 15 is 0 Å². The van der Waals surface area contributed by atoms with Crippen LogP contribution in [0.4, 0.5) is 0 Å². The van der Waals surface area contributed by atoms with Gasteiger partial charge in [0.25, 0.3) is 0 Å². The normalized spacial score (nSPS) is 16.3. The van der Waals surface area contributed by atoms with Gasteiger partial charge in [0.05, 0.1) is 0 Å². The fourth-order valence-electron chi connectivity index (χ4n) is 1.61. The van der Waals surface area contributed by atoms with Crippen molar-refractivity contribution in [1.82, 2.24) is 0 Å². The highest BCUT2D eigenvalue weighted by Gasteiger charge is 2.04. The molecule has 66 valence electrons. The van der Waals surface area contributed by atoms with Crippen molar-refractivity contribution in [2.75, 3.05) is 0 Å². The smallest absolute Gasteiger partial charge is 0.0276 e. The summed E-state index contributed by atoms with van der Waals surface area (Å²) in [4.78, 5) is 0. The zero-order chi connectivity index (χ0) is 9.10.